The van der Waals surface area contributed by atoms with Crippen LogP contribution in [0.5, 0.6) is 0 Å². The molecule has 2 aromatic rings. The Morgan fingerprint density at radius 3 is 2.48 bits per heavy atom. The number of anilines is 2. The lowest BCUT2D eigenvalue weighted by Crippen LogP contribution is -2.20. The van der Waals surface area contributed by atoms with Crippen molar-refractivity contribution in [2.45, 2.75) is 31.2 Å². The number of nitrogens with one attached hydrogen (secondary N) is 2. The molecule has 0 bridgehead atoms. The Hall–Kier alpha value is -2.40. The summed E-state index contributed by atoms with van der Waals surface area (Å²) in [6.45, 7) is 3.07. The number of sulfone groups is 1. The highest BCUT2D eigenvalue weighted by Crippen LogP contribution is 2.28. The fraction of sp³-hybridized carbons (Fsp3) is 0.375. The molecule has 146 valence electrons. The summed E-state index contributed by atoms with van der Waals surface area (Å²) >= 11 is 0. The predicted octanol–water partition coefficient (Wildman–Crippen LogP) is 1.31. The zero-order chi connectivity index (χ0) is 19.8. The van der Waals surface area contributed by atoms with E-state index in [2.05, 4.69) is 15.1 Å². The molecule has 0 saturated carbocycles. The Balaban J connectivity index is 1.85. The molecule has 11 heteroatoms. The van der Waals surface area contributed by atoms with Crippen LogP contribution in [-0.4, -0.2) is 44.0 Å². The van der Waals surface area contributed by atoms with Crippen LogP contribution in [-0.2, 0) is 24.7 Å². The van der Waals surface area contributed by atoms with Crippen LogP contribution in [0.2, 0.25) is 0 Å². The van der Waals surface area contributed by atoms with Crippen molar-refractivity contribution in [2.75, 3.05) is 21.5 Å². The highest BCUT2D eigenvalue weighted by Gasteiger charge is 2.32. The van der Waals surface area contributed by atoms with Gasteiger partial charge in [0.2, 0.25) is 5.91 Å². The lowest BCUT2D eigenvalue weighted by Gasteiger charge is -2.15. The molecule has 1 atom stereocenters. The van der Waals surface area contributed by atoms with Crippen LogP contribution in [0.1, 0.15) is 25.1 Å². The van der Waals surface area contributed by atoms with E-state index in [1.54, 1.807) is 13.0 Å². The Labute approximate surface area is 157 Å². The van der Waals surface area contributed by atoms with Crippen molar-refractivity contribution in [1.82, 2.24) is 9.78 Å². The first-order valence-corrected chi connectivity index (χ1v) is 11.5. The van der Waals surface area contributed by atoms with Crippen molar-refractivity contribution in [1.29, 1.82) is 0 Å². The molecule has 0 radical (unpaired) electrons. The minimum atomic E-state index is -3.90. The maximum Gasteiger partial charge on any atom is 0.263 e. The smallest absolute Gasteiger partial charge is 0.263 e. The van der Waals surface area contributed by atoms with E-state index in [1.807, 2.05) is 0 Å². The number of aromatic nitrogens is 2. The van der Waals surface area contributed by atoms with Crippen molar-refractivity contribution in [3.05, 3.63) is 36.0 Å². The summed E-state index contributed by atoms with van der Waals surface area (Å²) < 4.78 is 52.8. The number of sulfonamides is 1. The van der Waals surface area contributed by atoms with Gasteiger partial charge >= 0.3 is 0 Å². The van der Waals surface area contributed by atoms with Gasteiger partial charge < -0.3 is 5.32 Å². The number of nitrogens with zero attached hydrogens (tertiary/aromatic N) is 2. The average molecular weight is 412 g/mol. The highest BCUT2D eigenvalue weighted by molar-refractivity contribution is 7.92. The third kappa shape index (κ3) is 4.48. The molecule has 2 heterocycles. The van der Waals surface area contributed by atoms with Gasteiger partial charge in [-0.15, -0.1) is 0 Å². The van der Waals surface area contributed by atoms with Crippen LogP contribution in [0.15, 0.2) is 35.2 Å². The number of carbonyl (C=O) groups excluding carboxylic acids is 1. The second kappa shape index (κ2) is 6.97. The standard InChI is InChI=1S/C16H20N4O5S2/c1-11-9-16(20(18-11)14-7-8-26(22,23)10-14)19-27(24,25)15-5-3-13(4-6-15)17-12(2)21/h3-6,9,14,19H,7-8,10H2,1-2H3,(H,17,21). The van der Waals surface area contributed by atoms with Crippen molar-refractivity contribution >= 4 is 37.3 Å². The summed E-state index contributed by atoms with van der Waals surface area (Å²) in [4.78, 5) is 11.1. The normalized spacial score (nSPS) is 19.0. The summed E-state index contributed by atoms with van der Waals surface area (Å²) in [6.07, 6.45) is 0.392. The van der Waals surface area contributed by atoms with Gasteiger partial charge in [0.1, 0.15) is 5.82 Å². The van der Waals surface area contributed by atoms with Gasteiger partial charge in [0.05, 0.1) is 28.1 Å². The Morgan fingerprint density at radius 2 is 1.93 bits per heavy atom. The minimum absolute atomic E-state index is 0.0149. The van der Waals surface area contributed by atoms with E-state index in [0.29, 0.717) is 17.8 Å². The first kappa shape index (κ1) is 19.4. The predicted molar refractivity (Wildman–Crippen MR) is 101 cm³/mol. The molecule has 1 aliphatic heterocycles. The largest absolute Gasteiger partial charge is 0.326 e. The topological polar surface area (TPSA) is 127 Å². The average Bonchev–Trinajstić information content (AvgIpc) is 3.08. The monoisotopic (exact) mass is 412 g/mol. The van der Waals surface area contributed by atoms with Crippen LogP contribution >= 0.6 is 0 Å². The number of benzene rings is 1. The molecule has 1 aliphatic rings. The Bertz CT molecular complexity index is 1070. The number of carbonyl (C=O) groups is 1. The van der Waals surface area contributed by atoms with Crippen LogP contribution in [0.3, 0.4) is 0 Å². The summed E-state index contributed by atoms with van der Waals surface area (Å²) in [5.74, 6) is -0.0306. The molecule has 2 N–H and O–H groups in total. The van der Waals surface area contributed by atoms with Gasteiger partial charge in [0.15, 0.2) is 9.84 Å². The van der Waals surface area contributed by atoms with E-state index in [-0.39, 0.29) is 28.1 Å². The van der Waals surface area contributed by atoms with Crippen LogP contribution in [0, 0.1) is 6.92 Å². The lowest BCUT2D eigenvalue weighted by atomic mass is 10.3. The highest BCUT2D eigenvalue weighted by atomic mass is 32.2. The maximum atomic E-state index is 12.7. The Morgan fingerprint density at radius 1 is 1.26 bits per heavy atom. The Kier molecular flexibility index (Phi) is 5.00. The molecular weight excluding hydrogens is 392 g/mol. The number of hydrogen-bond acceptors (Lipinski definition) is 6. The minimum Gasteiger partial charge on any atom is -0.326 e. The van der Waals surface area contributed by atoms with Crippen molar-refractivity contribution in [2.24, 2.45) is 0 Å². The molecular formula is C16H20N4O5S2. The fourth-order valence-electron chi connectivity index (χ4n) is 2.96. The second-order valence-corrected chi connectivity index (χ2v) is 10.4. The molecule has 1 aromatic carbocycles. The molecule has 1 fully saturated rings. The molecule has 9 nitrogen and oxygen atoms in total. The van der Waals surface area contributed by atoms with Gasteiger partial charge in [-0.2, -0.15) is 5.10 Å². The number of aryl methyl sites for hydroxylation is 1. The third-order valence-corrected chi connectivity index (χ3v) is 7.26. The van der Waals surface area contributed by atoms with E-state index in [0.717, 1.165) is 0 Å². The van der Waals surface area contributed by atoms with Crippen LogP contribution in [0.25, 0.3) is 0 Å². The van der Waals surface area contributed by atoms with Gasteiger partial charge in [-0.25, -0.2) is 21.5 Å². The van der Waals surface area contributed by atoms with Gasteiger partial charge in [0, 0.05) is 18.7 Å². The third-order valence-electron chi connectivity index (χ3n) is 4.14. The zero-order valence-electron chi connectivity index (χ0n) is 14.8. The van der Waals surface area contributed by atoms with Crippen molar-refractivity contribution in [3.63, 3.8) is 0 Å². The zero-order valence-corrected chi connectivity index (χ0v) is 16.5. The SMILES string of the molecule is CC(=O)Nc1ccc(S(=O)(=O)Nc2cc(C)nn2C2CCS(=O)(=O)C2)cc1. The van der Waals surface area contributed by atoms with Gasteiger partial charge in [-0.1, -0.05) is 0 Å². The van der Waals surface area contributed by atoms with Crippen molar-refractivity contribution in [3.8, 4) is 0 Å². The van der Waals surface area contributed by atoms with Crippen LogP contribution < -0.4 is 10.0 Å². The van der Waals surface area contributed by atoms with E-state index in [4.69, 9.17) is 0 Å². The number of hydrogen-bond donors (Lipinski definition) is 2. The van der Waals surface area contributed by atoms with E-state index >= 15 is 0 Å². The van der Waals surface area contributed by atoms with E-state index in [1.165, 1.54) is 35.9 Å². The van der Waals surface area contributed by atoms with Gasteiger partial charge in [0.25, 0.3) is 10.0 Å². The molecule has 0 aliphatic carbocycles. The van der Waals surface area contributed by atoms with Gasteiger partial charge in [-0.05, 0) is 37.6 Å². The van der Waals surface area contributed by atoms with Gasteiger partial charge in [-0.3, -0.25) is 9.52 Å². The van der Waals surface area contributed by atoms with E-state index < -0.39 is 25.9 Å². The fourth-order valence-corrected chi connectivity index (χ4v) is 5.69. The second-order valence-electron chi connectivity index (χ2n) is 6.48. The first-order chi connectivity index (χ1) is 12.6. The molecule has 0 spiro atoms. The van der Waals surface area contributed by atoms with E-state index in [9.17, 15) is 21.6 Å². The quantitative estimate of drug-likeness (QED) is 0.762. The molecule has 1 unspecified atom stereocenters. The summed E-state index contributed by atoms with van der Waals surface area (Å²) in [7, 11) is -7.03. The molecule has 1 aromatic heterocycles. The molecule has 1 amide bonds. The molecule has 1 saturated heterocycles. The maximum absolute atomic E-state index is 12.7. The summed E-state index contributed by atoms with van der Waals surface area (Å²) in [5, 5.41) is 6.83. The first-order valence-electron chi connectivity index (χ1n) is 8.23. The molecule has 3 rings (SSSR count). The van der Waals surface area contributed by atoms with Crippen molar-refractivity contribution < 1.29 is 21.6 Å². The summed E-state index contributed by atoms with van der Waals surface area (Å²) in [6, 6.07) is 6.89. The molecule has 27 heavy (non-hydrogen) atoms. The summed E-state index contributed by atoms with van der Waals surface area (Å²) in [5.41, 5.74) is 1.07. The lowest BCUT2D eigenvalue weighted by molar-refractivity contribution is -0.114. The van der Waals surface area contributed by atoms with Crippen LogP contribution in [0.4, 0.5) is 11.5 Å². The number of amides is 1. The number of rotatable bonds is 5.